The lowest BCUT2D eigenvalue weighted by atomic mass is 9.81. The van der Waals surface area contributed by atoms with E-state index in [0.717, 1.165) is 34.2 Å². The molecule has 2 aromatic heterocycles. The van der Waals surface area contributed by atoms with Crippen LogP contribution in [0.5, 0.6) is 0 Å². The van der Waals surface area contributed by atoms with Crippen LogP contribution in [0.15, 0.2) is 60.9 Å². The van der Waals surface area contributed by atoms with E-state index >= 15 is 0 Å². The Morgan fingerprint density at radius 2 is 1.33 bits per heavy atom. The summed E-state index contributed by atoms with van der Waals surface area (Å²) >= 11 is 0. The first-order valence-electron chi connectivity index (χ1n) is 10.5. The van der Waals surface area contributed by atoms with Gasteiger partial charge in [0.25, 0.3) is 0 Å². The zero-order valence-electron chi connectivity index (χ0n) is 18.6. The molecule has 30 heavy (non-hydrogen) atoms. The average Bonchev–Trinajstić information content (AvgIpc) is 3.31. The first-order chi connectivity index (χ1) is 14.2. The quantitative estimate of drug-likeness (QED) is 0.396. The number of nitrogens with zero attached hydrogens (tertiary/aromatic N) is 4. The number of benzene rings is 2. The predicted molar refractivity (Wildman–Crippen MR) is 122 cm³/mol. The van der Waals surface area contributed by atoms with E-state index in [1.54, 1.807) is 0 Å². The van der Waals surface area contributed by atoms with Crippen molar-refractivity contribution >= 4 is 0 Å². The van der Waals surface area contributed by atoms with Gasteiger partial charge in [0, 0.05) is 48.4 Å². The molecule has 0 saturated heterocycles. The highest BCUT2D eigenvalue weighted by molar-refractivity contribution is 5.63. The molecule has 0 amide bonds. The smallest absolute Gasteiger partial charge is 0.140 e. The molecule has 3 heterocycles. The molecule has 0 saturated carbocycles. The molecule has 0 atom stereocenters. The van der Waals surface area contributed by atoms with Gasteiger partial charge in [-0.15, -0.1) is 0 Å². The van der Waals surface area contributed by atoms with Crippen molar-refractivity contribution in [1.82, 2.24) is 19.1 Å². The van der Waals surface area contributed by atoms with Crippen molar-refractivity contribution in [2.75, 3.05) is 0 Å². The standard InChI is InChI=1S/C26H28N4/c1-25(2)19-11-7-9-17(13-19)21-15-30(6)24(27-21)26(3,4)20-12-8-10-18(14-20)23-28-22(25)16-29(23)5/h7-16H,1-6H3. The molecule has 0 unspecified atom stereocenters. The van der Waals surface area contributed by atoms with Crippen molar-refractivity contribution in [2.45, 2.75) is 38.5 Å². The summed E-state index contributed by atoms with van der Waals surface area (Å²) in [6, 6.07) is 17.5. The monoisotopic (exact) mass is 396 g/mol. The van der Waals surface area contributed by atoms with Gasteiger partial charge in [0.1, 0.15) is 11.6 Å². The third-order valence-corrected chi connectivity index (χ3v) is 6.67. The fraction of sp³-hybridized carbons (Fsp3) is 0.308. The fourth-order valence-electron chi connectivity index (χ4n) is 4.61. The van der Waals surface area contributed by atoms with Gasteiger partial charge in [-0.2, -0.15) is 0 Å². The number of aromatic nitrogens is 4. The number of rotatable bonds is 0. The molecular formula is C26H28N4. The number of hydrogen-bond donors (Lipinski definition) is 0. The largest absolute Gasteiger partial charge is 0.337 e. The van der Waals surface area contributed by atoms with Crippen LogP contribution >= 0.6 is 0 Å². The van der Waals surface area contributed by atoms with Crippen molar-refractivity contribution in [3.8, 4) is 22.6 Å². The molecule has 0 spiro atoms. The Bertz CT molecular complexity index is 1270. The van der Waals surface area contributed by atoms with Gasteiger partial charge < -0.3 is 9.13 Å². The lowest BCUT2D eigenvalue weighted by Gasteiger charge is -2.25. The Balaban J connectivity index is 1.86. The second-order valence-corrected chi connectivity index (χ2v) is 9.53. The fourth-order valence-corrected chi connectivity index (χ4v) is 4.61. The molecule has 1 aliphatic heterocycles. The SMILES string of the molecule is Cn1cc2nc1-c1cccc(c1)C(C)(C)c1nc(cn1C)-c1cccc(c1)C2(C)C. The molecule has 0 radical (unpaired) electrons. The van der Waals surface area contributed by atoms with Crippen LogP contribution in [0.3, 0.4) is 0 Å². The van der Waals surface area contributed by atoms with Gasteiger partial charge in [0.15, 0.2) is 0 Å². The average molecular weight is 397 g/mol. The maximum Gasteiger partial charge on any atom is 0.140 e. The predicted octanol–water partition coefficient (Wildman–Crippen LogP) is 5.45. The number of fused-ring (bicyclic) bond motifs is 10. The minimum Gasteiger partial charge on any atom is -0.337 e. The lowest BCUT2D eigenvalue weighted by Crippen LogP contribution is -2.23. The first kappa shape index (κ1) is 18.9. The molecule has 4 aromatic rings. The van der Waals surface area contributed by atoms with E-state index in [0.29, 0.717) is 0 Å². The van der Waals surface area contributed by atoms with E-state index in [9.17, 15) is 0 Å². The molecule has 0 N–H and O–H groups in total. The van der Waals surface area contributed by atoms with Crippen LogP contribution in [-0.4, -0.2) is 19.1 Å². The second-order valence-electron chi connectivity index (χ2n) is 9.53. The summed E-state index contributed by atoms with van der Waals surface area (Å²) in [5.41, 5.74) is 6.36. The maximum absolute atomic E-state index is 5.10. The highest BCUT2D eigenvalue weighted by atomic mass is 15.1. The van der Waals surface area contributed by atoms with Crippen LogP contribution in [0.1, 0.15) is 50.3 Å². The third kappa shape index (κ3) is 2.67. The van der Waals surface area contributed by atoms with Gasteiger partial charge in [-0.1, -0.05) is 50.2 Å². The van der Waals surface area contributed by atoms with E-state index in [-0.39, 0.29) is 10.8 Å². The van der Waals surface area contributed by atoms with E-state index in [4.69, 9.17) is 9.97 Å². The second kappa shape index (κ2) is 6.18. The van der Waals surface area contributed by atoms with Crippen molar-refractivity contribution in [1.29, 1.82) is 0 Å². The summed E-state index contributed by atoms with van der Waals surface area (Å²) in [6.45, 7) is 8.97. The first-order valence-corrected chi connectivity index (χ1v) is 10.5. The van der Waals surface area contributed by atoms with Crippen LogP contribution < -0.4 is 0 Å². The summed E-state index contributed by atoms with van der Waals surface area (Å²) in [5.74, 6) is 2.04. The van der Waals surface area contributed by atoms with Crippen LogP contribution in [0.4, 0.5) is 0 Å². The highest BCUT2D eigenvalue weighted by Gasteiger charge is 2.31. The maximum atomic E-state index is 5.10. The Hall–Kier alpha value is -3.14. The molecule has 4 heteroatoms. The normalized spacial score (nSPS) is 16.2. The van der Waals surface area contributed by atoms with Gasteiger partial charge in [-0.3, -0.25) is 0 Å². The Labute approximate surface area is 178 Å². The summed E-state index contributed by atoms with van der Waals surface area (Å²) in [4.78, 5) is 10.2. The Kier molecular flexibility index (Phi) is 3.88. The Morgan fingerprint density at radius 1 is 0.700 bits per heavy atom. The molecule has 1 aliphatic rings. The van der Waals surface area contributed by atoms with Crippen molar-refractivity contribution in [3.05, 3.63) is 83.6 Å². The van der Waals surface area contributed by atoms with Gasteiger partial charge in [-0.05, 0) is 37.1 Å². The van der Waals surface area contributed by atoms with Gasteiger partial charge in [-0.25, -0.2) is 9.97 Å². The topological polar surface area (TPSA) is 35.6 Å². The van der Waals surface area contributed by atoms with E-state index < -0.39 is 0 Å². The van der Waals surface area contributed by atoms with Gasteiger partial charge >= 0.3 is 0 Å². The van der Waals surface area contributed by atoms with Crippen molar-refractivity contribution < 1.29 is 0 Å². The third-order valence-electron chi connectivity index (χ3n) is 6.67. The molecule has 2 aromatic carbocycles. The molecular weight excluding hydrogens is 368 g/mol. The number of aryl methyl sites for hydroxylation is 2. The minimum absolute atomic E-state index is 0.218. The number of imidazole rings is 2. The summed E-state index contributed by atoms with van der Waals surface area (Å²) in [7, 11) is 4.17. The molecule has 5 rings (SSSR count). The van der Waals surface area contributed by atoms with Gasteiger partial charge in [0.2, 0.25) is 0 Å². The van der Waals surface area contributed by atoms with Crippen LogP contribution in [0.25, 0.3) is 22.6 Å². The van der Waals surface area contributed by atoms with Crippen molar-refractivity contribution in [3.63, 3.8) is 0 Å². The molecule has 152 valence electrons. The minimum atomic E-state index is -0.238. The summed E-state index contributed by atoms with van der Waals surface area (Å²) in [5, 5.41) is 0. The zero-order chi connectivity index (χ0) is 21.3. The molecule has 4 nitrogen and oxygen atoms in total. The molecule has 8 bridgehead atoms. The Morgan fingerprint density at radius 3 is 2.07 bits per heavy atom. The molecule has 0 fully saturated rings. The van der Waals surface area contributed by atoms with Crippen LogP contribution in [0, 0.1) is 0 Å². The number of hydrogen-bond acceptors (Lipinski definition) is 2. The highest BCUT2D eigenvalue weighted by Crippen LogP contribution is 2.38. The zero-order valence-corrected chi connectivity index (χ0v) is 18.6. The van der Waals surface area contributed by atoms with Crippen molar-refractivity contribution in [2.24, 2.45) is 14.1 Å². The van der Waals surface area contributed by atoms with E-state index in [1.165, 1.54) is 11.1 Å². The summed E-state index contributed by atoms with van der Waals surface area (Å²) < 4.78 is 4.31. The summed E-state index contributed by atoms with van der Waals surface area (Å²) in [6.07, 6.45) is 4.31. The lowest BCUT2D eigenvalue weighted by molar-refractivity contribution is 0.563. The van der Waals surface area contributed by atoms with Crippen LogP contribution in [0.2, 0.25) is 0 Å². The van der Waals surface area contributed by atoms with E-state index in [1.807, 2.05) is 0 Å². The molecule has 0 aliphatic carbocycles. The van der Waals surface area contributed by atoms with E-state index in [2.05, 4.69) is 112 Å². The van der Waals surface area contributed by atoms with Crippen LogP contribution in [-0.2, 0) is 24.9 Å². The van der Waals surface area contributed by atoms with Gasteiger partial charge in [0.05, 0.1) is 11.4 Å².